The number of hydrogen-bond donors (Lipinski definition) is 2. The Hall–Kier alpha value is -3.77. The van der Waals surface area contributed by atoms with Crippen molar-refractivity contribution in [2.75, 3.05) is 12.8 Å². The molecule has 0 radical (unpaired) electrons. The molecule has 4 aromatic rings. The van der Waals surface area contributed by atoms with E-state index in [9.17, 15) is 5.11 Å². The van der Waals surface area contributed by atoms with Gasteiger partial charge in [-0.1, -0.05) is 41.9 Å². The summed E-state index contributed by atoms with van der Waals surface area (Å²) < 4.78 is 11.4. The Morgan fingerprint density at radius 2 is 1.72 bits per heavy atom. The second kappa shape index (κ2) is 9.16. The van der Waals surface area contributed by atoms with Gasteiger partial charge in [-0.25, -0.2) is 9.97 Å². The number of methoxy groups -OCH3 is 1. The molecule has 0 aliphatic heterocycles. The number of anilines is 1. The highest BCUT2D eigenvalue weighted by Crippen LogP contribution is 2.41. The Morgan fingerprint density at radius 3 is 2.44 bits per heavy atom. The molecule has 0 amide bonds. The normalized spacial score (nSPS) is 10.7. The number of ether oxygens (including phenoxy) is 2. The molecule has 0 bridgehead atoms. The summed E-state index contributed by atoms with van der Waals surface area (Å²) in [6, 6.07) is 20.1. The third-order valence-electron chi connectivity index (χ3n) is 5.03. The topological polar surface area (TPSA) is 90.5 Å². The number of benzene rings is 3. The van der Waals surface area contributed by atoms with Crippen molar-refractivity contribution in [2.45, 2.75) is 13.5 Å². The molecule has 4 rings (SSSR count). The molecule has 0 atom stereocenters. The largest absolute Gasteiger partial charge is 0.507 e. The van der Waals surface area contributed by atoms with Crippen molar-refractivity contribution in [2.24, 2.45) is 0 Å². The zero-order valence-corrected chi connectivity index (χ0v) is 18.4. The van der Waals surface area contributed by atoms with Crippen LogP contribution in [-0.4, -0.2) is 22.2 Å². The van der Waals surface area contributed by atoms with Crippen LogP contribution in [0.15, 0.2) is 66.7 Å². The van der Waals surface area contributed by atoms with Crippen molar-refractivity contribution in [1.82, 2.24) is 9.97 Å². The molecule has 3 aromatic carbocycles. The molecule has 162 valence electrons. The van der Waals surface area contributed by atoms with Gasteiger partial charge in [0.1, 0.15) is 23.9 Å². The van der Waals surface area contributed by atoms with Crippen LogP contribution in [0, 0.1) is 6.92 Å². The standard InChI is InChI=1S/C25H22ClN3O3/c1-15-23(20-5-3-4-6-22(20)31-2)24(29-25(27)28-15)19-12-11-18(13-21(19)30)32-14-16-7-9-17(26)10-8-16/h3-13,30H,14H2,1-2H3,(H2,27,28,29). The van der Waals surface area contributed by atoms with Gasteiger partial charge in [0.25, 0.3) is 0 Å². The number of hydrogen-bond acceptors (Lipinski definition) is 6. The lowest BCUT2D eigenvalue weighted by Gasteiger charge is -2.16. The molecule has 0 aliphatic carbocycles. The second-order valence-corrected chi connectivity index (χ2v) is 7.62. The van der Waals surface area contributed by atoms with Gasteiger partial charge in [0, 0.05) is 27.8 Å². The van der Waals surface area contributed by atoms with Crippen LogP contribution in [0.3, 0.4) is 0 Å². The summed E-state index contributed by atoms with van der Waals surface area (Å²) >= 11 is 5.92. The lowest BCUT2D eigenvalue weighted by molar-refractivity contribution is 0.304. The van der Waals surface area contributed by atoms with Gasteiger partial charge in [-0.2, -0.15) is 0 Å². The molecule has 0 fully saturated rings. The maximum atomic E-state index is 10.8. The Labute approximate surface area is 191 Å². The van der Waals surface area contributed by atoms with Crippen LogP contribution in [0.4, 0.5) is 5.95 Å². The van der Waals surface area contributed by atoms with Gasteiger partial charge in [-0.15, -0.1) is 0 Å². The molecular formula is C25H22ClN3O3. The van der Waals surface area contributed by atoms with E-state index in [1.165, 1.54) is 0 Å². The van der Waals surface area contributed by atoms with E-state index < -0.39 is 0 Å². The fourth-order valence-electron chi connectivity index (χ4n) is 3.51. The van der Waals surface area contributed by atoms with Crippen molar-refractivity contribution < 1.29 is 14.6 Å². The van der Waals surface area contributed by atoms with E-state index in [4.69, 9.17) is 26.8 Å². The molecule has 0 saturated heterocycles. The third kappa shape index (κ3) is 4.45. The van der Waals surface area contributed by atoms with Gasteiger partial charge in [0.15, 0.2) is 0 Å². The predicted molar refractivity (Wildman–Crippen MR) is 126 cm³/mol. The van der Waals surface area contributed by atoms with Gasteiger partial charge in [-0.3, -0.25) is 0 Å². The zero-order chi connectivity index (χ0) is 22.7. The van der Waals surface area contributed by atoms with E-state index in [-0.39, 0.29) is 11.7 Å². The van der Waals surface area contributed by atoms with Gasteiger partial charge < -0.3 is 20.3 Å². The molecule has 32 heavy (non-hydrogen) atoms. The molecule has 0 aliphatic rings. The van der Waals surface area contributed by atoms with E-state index in [2.05, 4.69) is 9.97 Å². The molecule has 1 aromatic heterocycles. The minimum atomic E-state index is 0.0206. The minimum absolute atomic E-state index is 0.0206. The molecule has 3 N–H and O–H groups in total. The first-order valence-corrected chi connectivity index (χ1v) is 10.3. The predicted octanol–water partition coefficient (Wildman–Crippen LogP) is 5.65. The summed E-state index contributed by atoms with van der Waals surface area (Å²) in [4.78, 5) is 8.77. The number of aromatic nitrogens is 2. The van der Waals surface area contributed by atoms with Crippen LogP contribution in [-0.2, 0) is 6.61 Å². The summed E-state index contributed by atoms with van der Waals surface area (Å²) in [5.41, 5.74) is 10.2. The number of halogens is 1. The first-order valence-electron chi connectivity index (χ1n) is 9.94. The second-order valence-electron chi connectivity index (χ2n) is 7.19. The quantitative estimate of drug-likeness (QED) is 0.397. The molecule has 0 unspecified atom stereocenters. The summed E-state index contributed by atoms with van der Waals surface area (Å²) in [5.74, 6) is 1.34. The third-order valence-corrected chi connectivity index (χ3v) is 5.28. The number of nitrogen functional groups attached to an aromatic ring is 1. The average Bonchev–Trinajstić information content (AvgIpc) is 2.78. The Bertz CT molecular complexity index is 1260. The van der Waals surface area contributed by atoms with Crippen LogP contribution in [0.25, 0.3) is 22.4 Å². The highest BCUT2D eigenvalue weighted by atomic mass is 35.5. The number of phenolic OH excluding ortho intramolecular Hbond substituents is 1. The van der Waals surface area contributed by atoms with E-state index in [1.54, 1.807) is 25.3 Å². The molecule has 1 heterocycles. The summed E-state index contributed by atoms with van der Waals surface area (Å²) in [6.07, 6.45) is 0. The first kappa shape index (κ1) is 21.5. The maximum absolute atomic E-state index is 10.8. The lowest BCUT2D eigenvalue weighted by atomic mass is 9.96. The number of phenols is 1. The van der Waals surface area contributed by atoms with Crippen molar-refractivity contribution >= 4 is 17.5 Å². The highest BCUT2D eigenvalue weighted by molar-refractivity contribution is 6.30. The van der Waals surface area contributed by atoms with Crippen molar-refractivity contribution in [3.63, 3.8) is 0 Å². The number of nitrogens with zero attached hydrogens (tertiary/aromatic N) is 2. The molecule has 0 saturated carbocycles. The monoisotopic (exact) mass is 447 g/mol. The Kier molecular flexibility index (Phi) is 6.14. The first-order chi connectivity index (χ1) is 15.5. The van der Waals surface area contributed by atoms with E-state index >= 15 is 0 Å². The molecule has 7 heteroatoms. The summed E-state index contributed by atoms with van der Waals surface area (Å²) in [5, 5.41) is 11.5. The average molecular weight is 448 g/mol. The smallest absolute Gasteiger partial charge is 0.220 e. The fraction of sp³-hybridized carbons (Fsp3) is 0.120. The molecular weight excluding hydrogens is 426 g/mol. The van der Waals surface area contributed by atoms with E-state index in [0.29, 0.717) is 40.1 Å². The van der Waals surface area contributed by atoms with Gasteiger partial charge in [0.2, 0.25) is 5.95 Å². The number of para-hydroxylation sites is 1. The summed E-state index contributed by atoms with van der Waals surface area (Å²) in [6.45, 7) is 2.20. The number of nitrogens with two attached hydrogens (primary N) is 1. The van der Waals surface area contributed by atoms with E-state index in [0.717, 1.165) is 16.7 Å². The van der Waals surface area contributed by atoms with Crippen molar-refractivity contribution in [3.8, 4) is 39.6 Å². The number of aromatic hydroxyl groups is 1. The van der Waals surface area contributed by atoms with Gasteiger partial charge in [0.05, 0.1) is 18.5 Å². The molecule has 6 nitrogen and oxygen atoms in total. The lowest BCUT2D eigenvalue weighted by Crippen LogP contribution is -2.03. The van der Waals surface area contributed by atoms with Gasteiger partial charge >= 0.3 is 0 Å². The summed E-state index contributed by atoms with van der Waals surface area (Å²) in [7, 11) is 1.61. The fourth-order valence-corrected chi connectivity index (χ4v) is 3.64. The van der Waals surface area contributed by atoms with Crippen LogP contribution in [0.5, 0.6) is 17.2 Å². The minimum Gasteiger partial charge on any atom is -0.507 e. The van der Waals surface area contributed by atoms with Crippen LogP contribution in [0.1, 0.15) is 11.3 Å². The van der Waals surface area contributed by atoms with E-state index in [1.807, 2.05) is 55.5 Å². The number of rotatable bonds is 6. The van der Waals surface area contributed by atoms with Crippen molar-refractivity contribution in [3.05, 3.63) is 83.0 Å². The Morgan fingerprint density at radius 1 is 0.969 bits per heavy atom. The van der Waals surface area contributed by atoms with Crippen LogP contribution < -0.4 is 15.2 Å². The van der Waals surface area contributed by atoms with Crippen LogP contribution in [0.2, 0.25) is 5.02 Å². The maximum Gasteiger partial charge on any atom is 0.220 e. The highest BCUT2D eigenvalue weighted by Gasteiger charge is 2.20. The number of aryl methyl sites for hydroxylation is 1. The zero-order valence-electron chi connectivity index (χ0n) is 17.7. The van der Waals surface area contributed by atoms with Crippen LogP contribution >= 0.6 is 11.6 Å². The molecule has 0 spiro atoms. The van der Waals surface area contributed by atoms with Crippen molar-refractivity contribution in [1.29, 1.82) is 0 Å². The van der Waals surface area contributed by atoms with Gasteiger partial charge in [-0.05, 0) is 42.8 Å². The SMILES string of the molecule is COc1ccccc1-c1c(C)nc(N)nc1-c1ccc(OCc2ccc(Cl)cc2)cc1O. The Balaban J connectivity index is 1.71.